The Morgan fingerprint density at radius 3 is 2.48 bits per heavy atom. The van der Waals surface area contributed by atoms with Crippen molar-refractivity contribution in [2.24, 2.45) is 11.8 Å². The first-order chi connectivity index (χ1) is 13.1. The molecule has 1 unspecified atom stereocenters. The Morgan fingerprint density at radius 1 is 1.04 bits per heavy atom. The summed E-state index contributed by atoms with van der Waals surface area (Å²) in [5.41, 5.74) is 1.12. The van der Waals surface area contributed by atoms with Gasteiger partial charge in [0, 0.05) is 32.1 Å². The number of likely N-dealkylation sites (tertiary alicyclic amines) is 2. The number of carbonyl (C=O) groups excluding carboxylic acids is 2. The standard InChI is InChI=1S/C22H32N2O3/c1-18-6-5-12-24(16-18)22(26)20-9-13-23(14-10-20)21(25)11-15-27-17-19-7-3-2-4-8-19/h2-4,7-8,18,20H,5-6,9-17H2,1H3. The molecule has 5 heteroatoms. The Morgan fingerprint density at radius 2 is 1.78 bits per heavy atom. The number of rotatable bonds is 6. The molecule has 2 fully saturated rings. The maximum absolute atomic E-state index is 12.7. The highest BCUT2D eigenvalue weighted by Gasteiger charge is 2.31. The van der Waals surface area contributed by atoms with E-state index in [-0.39, 0.29) is 11.8 Å². The highest BCUT2D eigenvalue weighted by Crippen LogP contribution is 2.24. The minimum absolute atomic E-state index is 0.0914. The van der Waals surface area contributed by atoms with Gasteiger partial charge in [0.2, 0.25) is 11.8 Å². The number of carbonyl (C=O) groups is 2. The minimum atomic E-state index is 0.0914. The summed E-state index contributed by atoms with van der Waals surface area (Å²) in [4.78, 5) is 29.1. The summed E-state index contributed by atoms with van der Waals surface area (Å²) in [6.07, 6.45) is 4.34. The van der Waals surface area contributed by atoms with Crippen LogP contribution in [0.3, 0.4) is 0 Å². The molecular formula is C22H32N2O3. The molecule has 1 aromatic rings. The van der Waals surface area contributed by atoms with Crippen LogP contribution in [0, 0.1) is 11.8 Å². The van der Waals surface area contributed by atoms with Crippen molar-refractivity contribution in [1.82, 2.24) is 9.80 Å². The van der Waals surface area contributed by atoms with Crippen LogP contribution in [0.25, 0.3) is 0 Å². The fourth-order valence-electron chi connectivity index (χ4n) is 4.11. The minimum Gasteiger partial charge on any atom is -0.376 e. The Labute approximate surface area is 162 Å². The second-order valence-corrected chi connectivity index (χ2v) is 7.97. The van der Waals surface area contributed by atoms with Crippen LogP contribution in [0.5, 0.6) is 0 Å². The Balaban J connectivity index is 1.34. The van der Waals surface area contributed by atoms with Crippen LogP contribution in [0.2, 0.25) is 0 Å². The second kappa shape index (κ2) is 9.88. The maximum Gasteiger partial charge on any atom is 0.225 e. The molecule has 2 aliphatic rings. The lowest BCUT2D eigenvalue weighted by Crippen LogP contribution is -2.47. The van der Waals surface area contributed by atoms with E-state index in [4.69, 9.17) is 4.74 Å². The van der Waals surface area contributed by atoms with Gasteiger partial charge in [0.1, 0.15) is 0 Å². The molecule has 148 valence electrons. The van der Waals surface area contributed by atoms with Gasteiger partial charge in [-0.05, 0) is 37.2 Å². The molecule has 0 aliphatic carbocycles. The molecule has 0 bridgehead atoms. The van der Waals surface area contributed by atoms with Crippen molar-refractivity contribution in [3.8, 4) is 0 Å². The number of ether oxygens (including phenoxy) is 1. The average Bonchev–Trinajstić information content (AvgIpc) is 2.71. The summed E-state index contributed by atoms with van der Waals surface area (Å²) >= 11 is 0. The molecule has 2 heterocycles. The van der Waals surface area contributed by atoms with E-state index < -0.39 is 0 Å². The number of nitrogens with zero attached hydrogens (tertiary/aromatic N) is 2. The largest absolute Gasteiger partial charge is 0.376 e. The van der Waals surface area contributed by atoms with E-state index in [9.17, 15) is 9.59 Å². The van der Waals surface area contributed by atoms with Crippen molar-refractivity contribution in [3.63, 3.8) is 0 Å². The molecule has 2 amide bonds. The normalized spacial score (nSPS) is 21.3. The van der Waals surface area contributed by atoms with Gasteiger partial charge in [-0.3, -0.25) is 9.59 Å². The van der Waals surface area contributed by atoms with Gasteiger partial charge in [-0.1, -0.05) is 37.3 Å². The summed E-state index contributed by atoms with van der Waals surface area (Å²) < 4.78 is 5.62. The Bertz CT molecular complexity index is 611. The molecule has 0 saturated carbocycles. The van der Waals surface area contributed by atoms with E-state index >= 15 is 0 Å². The molecule has 5 nitrogen and oxygen atoms in total. The lowest BCUT2D eigenvalue weighted by atomic mass is 9.92. The average molecular weight is 373 g/mol. The monoisotopic (exact) mass is 372 g/mol. The quantitative estimate of drug-likeness (QED) is 0.721. The highest BCUT2D eigenvalue weighted by molar-refractivity contribution is 5.80. The van der Waals surface area contributed by atoms with E-state index in [0.717, 1.165) is 37.9 Å². The lowest BCUT2D eigenvalue weighted by molar-refractivity contribution is -0.142. The van der Waals surface area contributed by atoms with Crippen LogP contribution in [0.4, 0.5) is 0 Å². The van der Waals surface area contributed by atoms with Crippen molar-refractivity contribution in [3.05, 3.63) is 35.9 Å². The summed E-state index contributed by atoms with van der Waals surface area (Å²) in [6, 6.07) is 9.99. The first-order valence-corrected chi connectivity index (χ1v) is 10.3. The van der Waals surface area contributed by atoms with Gasteiger partial charge < -0.3 is 14.5 Å². The third-order valence-corrected chi connectivity index (χ3v) is 5.74. The van der Waals surface area contributed by atoms with Gasteiger partial charge in [-0.15, -0.1) is 0 Å². The third kappa shape index (κ3) is 5.80. The van der Waals surface area contributed by atoms with E-state index in [0.29, 0.717) is 44.5 Å². The van der Waals surface area contributed by atoms with E-state index in [1.807, 2.05) is 40.1 Å². The predicted molar refractivity (Wildman–Crippen MR) is 105 cm³/mol. The van der Waals surface area contributed by atoms with Crippen LogP contribution in [-0.2, 0) is 20.9 Å². The van der Waals surface area contributed by atoms with Crippen LogP contribution in [0.1, 0.15) is 44.6 Å². The number of piperidine rings is 2. The fourth-order valence-corrected chi connectivity index (χ4v) is 4.11. The number of hydrogen-bond donors (Lipinski definition) is 0. The van der Waals surface area contributed by atoms with Crippen molar-refractivity contribution < 1.29 is 14.3 Å². The molecule has 2 saturated heterocycles. The Hall–Kier alpha value is -1.88. The summed E-state index contributed by atoms with van der Waals surface area (Å²) in [5.74, 6) is 1.15. The van der Waals surface area contributed by atoms with Crippen LogP contribution < -0.4 is 0 Å². The van der Waals surface area contributed by atoms with Gasteiger partial charge in [-0.25, -0.2) is 0 Å². The van der Waals surface area contributed by atoms with Crippen molar-refractivity contribution >= 4 is 11.8 Å². The van der Waals surface area contributed by atoms with Crippen molar-refractivity contribution in [2.75, 3.05) is 32.8 Å². The van der Waals surface area contributed by atoms with Crippen LogP contribution >= 0.6 is 0 Å². The number of hydrogen-bond acceptors (Lipinski definition) is 3. The van der Waals surface area contributed by atoms with Crippen molar-refractivity contribution in [2.45, 2.75) is 45.6 Å². The van der Waals surface area contributed by atoms with Gasteiger partial charge in [0.05, 0.1) is 19.6 Å². The van der Waals surface area contributed by atoms with E-state index in [1.54, 1.807) is 0 Å². The first kappa shape index (κ1) is 19.9. The maximum atomic E-state index is 12.7. The molecule has 0 N–H and O–H groups in total. The molecular weight excluding hydrogens is 340 g/mol. The smallest absolute Gasteiger partial charge is 0.225 e. The molecule has 2 aliphatic heterocycles. The fraction of sp³-hybridized carbons (Fsp3) is 0.636. The topological polar surface area (TPSA) is 49.9 Å². The summed E-state index contributed by atoms with van der Waals surface area (Å²) in [5, 5.41) is 0. The molecule has 0 radical (unpaired) electrons. The number of amides is 2. The molecule has 1 atom stereocenters. The molecule has 1 aromatic carbocycles. The van der Waals surface area contributed by atoms with E-state index in [2.05, 4.69) is 6.92 Å². The third-order valence-electron chi connectivity index (χ3n) is 5.74. The molecule has 3 rings (SSSR count). The SMILES string of the molecule is CC1CCCN(C(=O)C2CCN(C(=O)CCOCc3ccccc3)CC2)C1. The van der Waals surface area contributed by atoms with Crippen LogP contribution in [-0.4, -0.2) is 54.4 Å². The zero-order valence-electron chi connectivity index (χ0n) is 16.4. The molecule has 27 heavy (non-hydrogen) atoms. The van der Waals surface area contributed by atoms with Gasteiger partial charge in [0.25, 0.3) is 0 Å². The highest BCUT2D eigenvalue weighted by atomic mass is 16.5. The summed E-state index contributed by atoms with van der Waals surface area (Å²) in [6.45, 7) is 6.39. The Kier molecular flexibility index (Phi) is 7.27. The predicted octanol–water partition coefficient (Wildman–Crippen LogP) is 3.09. The zero-order valence-corrected chi connectivity index (χ0v) is 16.4. The molecule has 0 aromatic heterocycles. The molecule has 0 spiro atoms. The van der Waals surface area contributed by atoms with E-state index in [1.165, 1.54) is 6.42 Å². The van der Waals surface area contributed by atoms with Gasteiger partial charge >= 0.3 is 0 Å². The van der Waals surface area contributed by atoms with Gasteiger partial charge in [0.15, 0.2) is 0 Å². The van der Waals surface area contributed by atoms with Gasteiger partial charge in [-0.2, -0.15) is 0 Å². The van der Waals surface area contributed by atoms with Crippen LogP contribution in [0.15, 0.2) is 30.3 Å². The summed E-state index contributed by atoms with van der Waals surface area (Å²) in [7, 11) is 0. The number of benzene rings is 1. The zero-order chi connectivity index (χ0) is 19.1. The second-order valence-electron chi connectivity index (χ2n) is 7.97. The lowest BCUT2D eigenvalue weighted by Gasteiger charge is -2.37. The first-order valence-electron chi connectivity index (χ1n) is 10.3. The van der Waals surface area contributed by atoms with Crippen molar-refractivity contribution in [1.29, 1.82) is 0 Å².